The molecule has 5 heteroatoms. The zero-order valence-electron chi connectivity index (χ0n) is 11.5. The maximum atomic E-state index is 9.45. The lowest BCUT2D eigenvalue weighted by Crippen LogP contribution is -2.53. The van der Waals surface area contributed by atoms with Crippen LogP contribution in [-0.4, -0.2) is 58.4 Å². The summed E-state index contributed by atoms with van der Waals surface area (Å²) in [4.78, 5) is 4.73. The van der Waals surface area contributed by atoms with Crippen LogP contribution in [0.4, 0.5) is 0 Å². The predicted molar refractivity (Wildman–Crippen MR) is 69.2 cm³/mol. The van der Waals surface area contributed by atoms with Crippen LogP contribution in [0.5, 0.6) is 0 Å². The molecule has 1 aromatic rings. The Bertz CT molecular complexity index is 378. The van der Waals surface area contributed by atoms with E-state index in [0.29, 0.717) is 6.04 Å². The Balaban J connectivity index is 1.84. The molecule has 1 aromatic heterocycles. The highest BCUT2D eigenvalue weighted by Crippen LogP contribution is 2.13. The molecule has 2 heterocycles. The topological polar surface area (TPSA) is 52.7 Å². The van der Waals surface area contributed by atoms with Crippen molar-refractivity contribution in [3.8, 4) is 0 Å². The fourth-order valence-corrected chi connectivity index (χ4v) is 2.55. The molecule has 0 amide bonds. The molecule has 1 fully saturated rings. The van der Waals surface area contributed by atoms with Crippen molar-refractivity contribution in [2.75, 3.05) is 26.2 Å². The van der Waals surface area contributed by atoms with Crippen LogP contribution in [0.15, 0.2) is 10.6 Å². The molecule has 0 unspecified atom stereocenters. The average molecular weight is 253 g/mol. The first-order valence-corrected chi connectivity index (χ1v) is 6.61. The van der Waals surface area contributed by atoms with Crippen LogP contribution in [0.2, 0.25) is 0 Å². The van der Waals surface area contributed by atoms with Gasteiger partial charge >= 0.3 is 0 Å². The Hall–Kier alpha value is -0.910. The molecule has 0 aromatic carbocycles. The van der Waals surface area contributed by atoms with Gasteiger partial charge in [-0.15, -0.1) is 0 Å². The van der Waals surface area contributed by atoms with Crippen molar-refractivity contribution < 1.29 is 9.63 Å². The summed E-state index contributed by atoms with van der Waals surface area (Å²) in [6.07, 6.45) is -0.253. The lowest BCUT2D eigenvalue weighted by molar-refractivity contribution is 0.0415. The van der Waals surface area contributed by atoms with Crippen molar-refractivity contribution >= 4 is 0 Å². The van der Waals surface area contributed by atoms with E-state index in [1.54, 1.807) is 0 Å². The lowest BCUT2D eigenvalue weighted by Gasteiger charge is -2.40. The number of β-amino-alcohol motifs (C(OH)–C–C–N with tert-alkyl or cyclic N) is 1. The number of rotatable bonds is 4. The quantitative estimate of drug-likeness (QED) is 0.863. The standard InChI is InChI=1S/C13H23N3O2/c1-10-7-15(4-5-16(10)8-11(2)17)9-13-6-12(3)18-14-13/h6,10-11,17H,4-5,7-9H2,1-3H3/t10-,11+/m1/s1. The van der Waals surface area contributed by atoms with Crippen LogP contribution in [0.25, 0.3) is 0 Å². The Morgan fingerprint density at radius 3 is 2.89 bits per heavy atom. The van der Waals surface area contributed by atoms with Gasteiger partial charge < -0.3 is 9.63 Å². The summed E-state index contributed by atoms with van der Waals surface area (Å²) < 4.78 is 5.09. The van der Waals surface area contributed by atoms with Gasteiger partial charge in [-0.3, -0.25) is 9.80 Å². The van der Waals surface area contributed by atoms with E-state index in [-0.39, 0.29) is 6.10 Å². The molecule has 0 spiro atoms. The van der Waals surface area contributed by atoms with Gasteiger partial charge in [-0.05, 0) is 20.8 Å². The maximum Gasteiger partial charge on any atom is 0.133 e. The minimum Gasteiger partial charge on any atom is -0.392 e. The van der Waals surface area contributed by atoms with Crippen molar-refractivity contribution in [1.29, 1.82) is 0 Å². The minimum absolute atomic E-state index is 0.253. The molecule has 0 aliphatic carbocycles. The van der Waals surface area contributed by atoms with Crippen molar-refractivity contribution in [2.24, 2.45) is 0 Å². The molecule has 0 saturated carbocycles. The van der Waals surface area contributed by atoms with E-state index in [2.05, 4.69) is 21.9 Å². The van der Waals surface area contributed by atoms with Crippen molar-refractivity contribution in [3.05, 3.63) is 17.5 Å². The van der Waals surface area contributed by atoms with Crippen LogP contribution >= 0.6 is 0 Å². The van der Waals surface area contributed by atoms with E-state index in [9.17, 15) is 5.11 Å². The molecule has 0 radical (unpaired) electrons. The van der Waals surface area contributed by atoms with Crippen LogP contribution < -0.4 is 0 Å². The number of aromatic nitrogens is 1. The van der Waals surface area contributed by atoms with Gasteiger partial charge in [-0.1, -0.05) is 5.16 Å². The van der Waals surface area contributed by atoms with Crippen molar-refractivity contribution in [3.63, 3.8) is 0 Å². The first kappa shape index (κ1) is 13.5. The second-order valence-corrected chi connectivity index (χ2v) is 5.36. The Labute approximate surface area is 108 Å². The number of aliphatic hydroxyl groups is 1. The van der Waals surface area contributed by atoms with Gasteiger partial charge in [0.25, 0.3) is 0 Å². The van der Waals surface area contributed by atoms with E-state index in [4.69, 9.17) is 4.52 Å². The SMILES string of the molecule is Cc1cc(CN2CCN(C[C@H](C)O)[C@H](C)C2)no1. The summed E-state index contributed by atoms with van der Waals surface area (Å²) in [6, 6.07) is 2.47. The molecule has 1 N–H and O–H groups in total. The molecule has 18 heavy (non-hydrogen) atoms. The smallest absolute Gasteiger partial charge is 0.133 e. The van der Waals surface area contributed by atoms with E-state index in [1.807, 2.05) is 19.9 Å². The molecule has 1 aliphatic heterocycles. The molecular formula is C13H23N3O2. The summed E-state index contributed by atoms with van der Waals surface area (Å²) in [7, 11) is 0. The molecule has 102 valence electrons. The van der Waals surface area contributed by atoms with Crippen LogP contribution in [-0.2, 0) is 6.54 Å². The number of aliphatic hydroxyl groups excluding tert-OH is 1. The fourth-order valence-electron chi connectivity index (χ4n) is 2.55. The Morgan fingerprint density at radius 2 is 2.33 bits per heavy atom. The summed E-state index contributed by atoms with van der Waals surface area (Å²) in [6.45, 7) is 10.6. The number of hydrogen-bond donors (Lipinski definition) is 1. The Kier molecular flexibility index (Phi) is 4.37. The Morgan fingerprint density at radius 1 is 1.56 bits per heavy atom. The third kappa shape index (κ3) is 3.54. The summed E-state index contributed by atoms with van der Waals surface area (Å²) in [5.41, 5.74) is 1.00. The number of nitrogens with zero attached hydrogens (tertiary/aromatic N) is 3. The van der Waals surface area contributed by atoms with Crippen LogP contribution in [0.3, 0.4) is 0 Å². The summed E-state index contributed by atoms with van der Waals surface area (Å²) >= 11 is 0. The number of aryl methyl sites for hydroxylation is 1. The summed E-state index contributed by atoms with van der Waals surface area (Å²) in [5.74, 6) is 0.866. The zero-order valence-corrected chi connectivity index (χ0v) is 11.5. The molecule has 2 rings (SSSR count). The van der Waals surface area contributed by atoms with Gasteiger partial charge in [0.05, 0.1) is 11.8 Å². The van der Waals surface area contributed by atoms with Gasteiger partial charge in [0.15, 0.2) is 0 Å². The number of hydrogen-bond acceptors (Lipinski definition) is 5. The molecule has 5 nitrogen and oxygen atoms in total. The first-order chi connectivity index (χ1) is 8.54. The average Bonchev–Trinajstić information content (AvgIpc) is 2.68. The number of piperazine rings is 1. The maximum absolute atomic E-state index is 9.45. The van der Waals surface area contributed by atoms with Crippen LogP contribution in [0, 0.1) is 6.92 Å². The van der Waals surface area contributed by atoms with E-state index in [1.165, 1.54) is 0 Å². The highest BCUT2D eigenvalue weighted by molar-refractivity contribution is 5.03. The molecule has 0 bridgehead atoms. The van der Waals surface area contributed by atoms with Crippen molar-refractivity contribution in [2.45, 2.75) is 39.5 Å². The summed E-state index contributed by atoms with van der Waals surface area (Å²) in [5, 5.41) is 13.5. The molecule has 2 atom stereocenters. The van der Waals surface area contributed by atoms with E-state index in [0.717, 1.165) is 44.2 Å². The van der Waals surface area contributed by atoms with Gasteiger partial charge in [0, 0.05) is 44.8 Å². The lowest BCUT2D eigenvalue weighted by atomic mass is 10.1. The monoisotopic (exact) mass is 253 g/mol. The van der Waals surface area contributed by atoms with Crippen LogP contribution in [0.1, 0.15) is 25.3 Å². The normalized spacial score (nSPS) is 24.3. The van der Waals surface area contributed by atoms with Gasteiger partial charge in [-0.2, -0.15) is 0 Å². The second kappa shape index (κ2) is 5.82. The third-order valence-corrected chi connectivity index (χ3v) is 3.41. The molecular weight excluding hydrogens is 230 g/mol. The highest BCUT2D eigenvalue weighted by Gasteiger charge is 2.24. The third-order valence-electron chi connectivity index (χ3n) is 3.41. The van der Waals surface area contributed by atoms with E-state index >= 15 is 0 Å². The first-order valence-electron chi connectivity index (χ1n) is 6.61. The van der Waals surface area contributed by atoms with Gasteiger partial charge in [0.2, 0.25) is 0 Å². The van der Waals surface area contributed by atoms with Crippen molar-refractivity contribution in [1.82, 2.24) is 15.0 Å². The minimum atomic E-state index is -0.253. The van der Waals surface area contributed by atoms with Gasteiger partial charge in [-0.25, -0.2) is 0 Å². The van der Waals surface area contributed by atoms with E-state index < -0.39 is 0 Å². The predicted octanol–water partition coefficient (Wildman–Crippen LogP) is 0.870. The highest BCUT2D eigenvalue weighted by atomic mass is 16.5. The largest absolute Gasteiger partial charge is 0.392 e. The fraction of sp³-hybridized carbons (Fsp3) is 0.769. The zero-order chi connectivity index (χ0) is 13.1. The molecule has 1 saturated heterocycles. The van der Waals surface area contributed by atoms with Gasteiger partial charge in [0.1, 0.15) is 5.76 Å². The molecule has 1 aliphatic rings. The second-order valence-electron chi connectivity index (χ2n) is 5.36.